The maximum Gasteiger partial charge on any atom is 0.163 e. The standard InChI is InChI=1S/C14H20N4/c1-3-11-6-4-5-7-13(11)18(2)14-9-8-12(10-15)16-17-14/h8-9,11,13H,3-7H2,1-2H3. The van der Waals surface area contributed by atoms with Gasteiger partial charge in [0.25, 0.3) is 0 Å². The van der Waals surface area contributed by atoms with Crippen LogP contribution in [0.25, 0.3) is 0 Å². The van der Waals surface area contributed by atoms with Crippen molar-refractivity contribution in [1.82, 2.24) is 10.2 Å². The maximum absolute atomic E-state index is 8.73. The summed E-state index contributed by atoms with van der Waals surface area (Å²) in [6.07, 6.45) is 6.42. The van der Waals surface area contributed by atoms with Crippen LogP contribution in [0.3, 0.4) is 0 Å². The van der Waals surface area contributed by atoms with Crippen LogP contribution >= 0.6 is 0 Å². The summed E-state index contributed by atoms with van der Waals surface area (Å²) in [4.78, 5) is 2.24. The van der Waals surface area contributed by atoms with Gasteiger partial charge in [0.1, 0.15) is 6.07 Å². The van der Waals surface area contributed by atoms with Gasteiger partial charge in [-0.25, -0.2) is 0 Å². The van der Waals surface area contributed by atoms with Gasteiger partial charge in [0, 0.05) is 13.1 Å². The van der Waals surface area contributed by atoms with Gasteiger partial charge in [0.15, 0.2) is 11.5 Å². The summed E-state index contributed by atoms with van der Waals surface area (Å²) in [7, 11) is 2.09. The number of nitrogens with zero attached hydrogens (tertiary/aromatic N) is 4. The van der Waals surface area contributed by atoms with E-state index in [9.17, 15) is 0 Å². The van der Waals surface area contributed by atoms with Crippen LogP contribution in [0.5, 0.6) is 0 Å². The van der Waals surface area contributed by atoms with Gasteiger partial charge in [-0.1, -0.05) is 26.2 Å². The molecule has 96 valence electrons. The van der Waals surface area contributed by atoms with Crippen LogP contribution in [0.4, 0.5) is 5.82 Å². The van der Waals surface area contributed by atoms with Crippen molar-refractivity contribution in [3.63, 3.8) is 0 Å². The molecule has 2 atom stereocenters. The number of anilines is 1. The Morgan fingerprint density at radius 2 is 2.11 bits per heavy atom. The summed E-state index contributed by atoms with van der Waals surface area (Å²) < 4.78 is 0. The first kappa shape index (κ1) is 12.8. The Morgan fingerprint density at radius 1 is 1.33 bits per heavy atom. The fourth-order valence-electron chi connectivity index (χ4n) is 2.92. The van der Waals surface area contributed by atoms with Gasteiger partial charge in [0.05, 0.1) is 0 Å². The first-order valence-corrected chi connectivity index (χ1v) is 6.73. The topological polar surface area (TPSA) is 52.8 Å². The van der Waals surface area contributed by atoms with Gasteiger partial charge in [-0.2, -0.15) is 5.26 Å². The van der Waals surface area contributed by atoms with E-state index in [4.69, 9.17) is 5.26 Å². The Balaban J connectivity index is 2.13. The second-order valence-corrected chi connectivity index (χ2v) is 5.02. The molecule has 4 nitrogen and oxygen atoms in total. The summed E-state index contributed by atoms with van der Waals surface area (Å²) in [5.41, 5.74) is 0.378. The molecule has 1 aliphatic rings. The quantitative estimate of drug-likeness (QED) is 0.820. The van der Waals surface area contributed by atoms with E-state index in [0.717, 1.165) is 11.7 Å². The molecule has 0 spiro atoms. The molecule has 0 saturated heterocycles. The Hall–Kier alpha value is -1.63. The lowest BCUT2D eigenvalue weighted by Crippen LogP contribution is -2.40. The predicted octanol–water partition coefficient (Wildman–Crippen LogP) is 2.75. The molecule has 0 aliphatic heterocycles. The second kappa shape index (κ2) is 5.81. The summed E-state index contributed by atoms with van der Waals surface area (Å²) in [5.74, 6) is 1.63. The number of aromatic nitrogens is 2. The van der Waals surface area contributed by atoms with E-state index in [1.807, 2.05) is 12.1 Å². The van der Waals surface area contributed by atoms with Crippen LogP contribution in [-0.2, 0) is 0 Å². The predicted molar refractivity (Wildman–Crippen MR) is 71.2 cm³/mol. The number of hydrogen-bond donors (Lipinski definition) is 0. The fourth-order valence-corrected chi connectivity index (χ4v) is 2.92. The molecule has 1 fully saturated rings. The molecule has 0 bridgehead atoms. The molecule has 2 unspecified atom stereocenters. The van der Waals surface area contributed by atoms with Gasteiger partial charge in [0.2, 0.25) is 0 Å². The first-order chi connectivity index (χ1) is 8.76. The highest BCUT2D eigenvalue weighted by Gasteiger charge is 2.27. The lowest BCUT2D eigenvalue weighted by Gasteiger charge is -2.38. The van der Waals surface area contributed by atoms with Gasteiger partial charge in [-0.15, -0.1) is 10.2 Å². The summed E-state index contributed by atoms with van der Waals surface area (Å²) >= 11 is 0. The highest BCUT2D eigenvalue weighted by molar-refractivity contribution is 5.39. The fraction of sp³-hybridized carbons (Fsp3) is 0.643. The SMILES string of the molecule is CCC1CCCCC1N(C)c1ccc(C#N)nn1. The average molecular weight is 244 g/mol. The van der Waals surface area contributed by atoms with Crippen molar-refractivity contribution in [3.8, 4) is 6.07 Å². The second-order valence-electron chi connectivity index (χ2n) is 5.02. The Labute approximate surface area is 109 Å². The molecule has 2 rings (SSSR count). The third-order valence-corrected chi connectivity index (χ3v) is 4.02. The lowest BCUT2D eigenvalue weighted by molar-refractivity contribution is 0.291. The highest BCUT2D eigenvalue weighted by Crippen LogP contribution is 2.31. The van der Waals surface area contributed by atoms with Gasteiger partial charge < -0.3 is 4.90 Å². The highest BCUT2D eigenvalue weighted by atomic mass is 15.3. The van der Waals surface area contributed by atoms with Crippen LogP contribution in [0.2, 0.25) is 0 Å². The van der Waals surface area contributed by atoms with E-state index in [-0.39, 0.29) is 0 Å². The van der Waals surface area contributed by atoms with E-state index < -0.39 is 0 Å². The molecule has 1 aromatic heterocycles. The number of hydrogen-bond acceptors (Lipinski definition) is 4. The summed E-state index contributed by atoms with van der Waals surface area (Å²) in [6, 6.07) is 6.20. The lowest BCUT2D eigenvalue weighted by atomic mass is 9.82. The van der Waals surface area contributed by atoms with Gasteiger partial charge in [-0.05, 0) is 30.9 Å². The van der Waals surface area contributed by atoms with E-state index >= 15 is 0 Å². The van der Waals surface area contributed by atoms with Crippen molar-refractivity contribution < 1.29 is 0 Å². The number of rotatable bonds is 3. The van der Waals surface area contributed by atoms with E-state index in [0.29, 0.717) is 11.7 Å². The van der Waals surface area contributed by atoms with Crippen molar-refractivity contribution in [2.45, 2.75) is 45.1 Å². The summed E-state index contributed by atoms with van der Waals surface area (Å²) in [5, 5.41) is 16.8. The molecule has 0 N–H and O–H groups in total. The van der Waals surface area contributed by atoms with Gasteiger partial charge in [-0.3, -0.25) is 0 Å². The normalized spacial score (nSPS) is 23.4. The van der Waals surface area contributed by atoms with E-state index in [1.54, 1.807) is 6.07 Å². The van der Waals surface area contributed by atoms with Crippen LogP contribution in [0, 0.1) is 17.2 Å². The molecule has 1 heterocycles. The molecule has 0 radical (unpaired) electrons. The van der Waals surface area contributed by atoms with Crippen LogP contribution in [0.15, 0.2) is 12.1 Å². The molecule has 18 heavy (non-hydrogen) atoms. The van der Waals surface area contributed by atoms with Crippen LogP contribution in [0.1, 0.15) is 44.7 Å². The minimum Gasteiger partial charge on any atom is -0.355 e. The number of nitriles is 1. The van der Waals surface area contributed by atoms with Crippen molar-refractivity contribution in [2.24, 2.45) is 5.92 Å². The molecule has 4 heteroatoms. The van der Waals surface area contributed by atoms with Crippen LogP contribution in [-0.4, -0.2) is 23.3 Å². The molecular weight excluding hydrogens is 224 g/mol. The van der Waals surface area contributed by atoms with Crippen molar-refractivity contribution in [3.05, 3.63) is 17.8 Å². The van der Waals surface area contributed by atoms with Crippen LogP contribution < -0.4 is 4.90 Å². The van der Waals surface area contributed by atoms with Crippen molar-refractivity contribution in [1.29, 1.82) is 5.26 Å². The van der Waals surface area contributed by atoms with Crippen molar-refractivity contribution in [2.75, 3.05) is 11.9 Å². The summed E-state index contributed by atoms with van der Waals surface area (Å²) in [6.45, 7) is 2.27. The largest absolute Gasteiger partial charge is 0.355 e. The molecule has 0 amide bonds. The zero-order chi connectivity index (χ0) is 13.0. The van der Waals surface area contributed by atoms with Gasteiger partial charge >= 0.3 is 0 Å². The smallest absolute Gasteiger partial charge is 0.163 e. The minimum atomic E-state index is 0.378. The molecule has 1 aliphatic carbocycles. The first-order valence-electron chi connectivity index (χ1n) is 6.73. The Bertz CT molecular complexity index is 420. The third-order valence-electron chi connectivity index (χ3n) is 4.02. The minimum absolute atomic E-state index is 0.378. The zero-order valence-electron chi connectivity index (χ0n) is 11.1. The molecule has 0 aromatic carbocycles. The molecule has 1 aromatic rings. The monoisotopic (exact) mass is 244 g/mol. The molecular formula is C14H20N4. The zero-order valence-corrected chi connectivity index (χ0v) is 11.1. The van der Waals surface area contributed by atoms with Crippen molar-refractivity contribution >= 4 is 5.82 Å². The Morgan fingerprint density at radius 3 is 2.72 bits per heavy atom. The third kappa shape index (κ3) is 2.61. The molecule has 1 saturated carbocycles. The van der Waals surface area contributed by atoms with E-state index in [2.05, 4.69) is 29.1 Å². The maximum atomic E-state index is 8.73. The Kier molecular flexibility index (Phi) is 4.14. The average Bonchev–Trinajstić information content (AvgIpc) is 2.46. The van der Waals surface area contributed by atoms with E-state index in [1.165, 1.54) is 32.1 Å².